The molecule has 0 fully saturated rings. The van der Waals surface area contributed by atoms with E-state index in [1.54, 1.807) is 12.1 Å². The van der Waals surface area contributed by atoms with Crippen LogP contribution in [0.2, 0.25) is 5.02 Å². The van der Waals surface area contributed by atoms with Gasteiger partial charge in [0.25, 0.3) is 0 Å². The van der Waals surface area contributed by atoms with Gasteiger partial charge in [-0.1, -0.05) is 23.7 Å². The van der Waals surface area contributed by atoms with Crippen molar-refractivity contribution in [3.8, 4) is 5.75 Å². The highest BCUT2D eigenvalue weighted by Gasteiger charge is 2.15. The monoisotopic (exact) mass is 311 g/mol. The second kappa shape index (κ2) is 8.32. The predicted octanol–water partition coefficient (Wildman–Crippen LogP) is 2.38. The Hall–Kier alpha value is -2.01. The third kappa shape index (κ3) is 5.47. The normalized spacial score (nSPS) is 10.0. The second-order valence-electron chi connectivity index (χ2n) is 4.43. The zero-order valence-electron chi connectivity index (χ0n) is 11.8. The lowest BCUT2D eigenvalue weighted by atomic mass is 10.1. The number of benzene rings is 1. The first-order valence-electron chi connectivity index (χ1n) is 6.40. The number of carboxylic acids is 1. The Labute approximate surface area is 128 Å². The molecule has 0 aliphatic carbocycles. The van der Waals surface area contributed by atoms with Crippen molar-refractivity contribution >= 4 is 23.5 Å². The Morgan fingerprint density at radius 3 is 2.71 bits per heavy atom. The third-order valence-corrected chi connectivity index (χ3v) is 3.17. The van der Waals surface area contributed by atoms with Gasteiger partial charge < -0.3 is 14.7 Å². The Morgan fingerprint density at radius 1 is 1.48 bits per heavy atom. The molecule has 0 spiro atoms. The number of rotatable bonds is 8. The van der Waals surface area contributed by atoms with Crippen molar-refractivity contribution in [3.63, 3.8) is 0 Å². The van der Waals surface area contributed by atoms with Gasteiger partial charge in [-0.05, 0) is 24.1 Å². The Kier molecular flexibility index (Phi) is 6.75. The van der Waals surface area contributed by atoms with Gasteiger partial charge in [-0.2, -0.15) is 0 Å². The number of aryl methyl sites for hydroxylation is 1. The van der Waals surface area contributed by atoms with Gasteiger partial charge in [0.1, 0.15) is 12.3 Å². The molecule has 0 saturated carbocycles. The zero-order chi connectivity index (χ0) is 15.8. The summed E-state index contributed by atoms with van der Waals surface area (Å²) in [7, 11) is 1.53. The van der Waals surface area contributed by atoms with Gasteiger partial charge in [-0.15, -0.1) is 6.58 Å². The first kappa shape index (κ1) is 17.0. The van der Waals surface area contributed by atoms with Crippen LogP contribution in [-0.4, -0.2) is 42.1 Å². The molecule has 0 saturated heterocycles. The summed E-state index contributed by atoms with van der Waals surface area (Å²) in [5.41, 5.74) is 0.892. The maximum atomic E-state index is 12.0. The molecule has 0 aliphatic heterocycles. The Bertz CT molecular complexity index is 530. The van der Waals surface area contributed by atoms with Gasteiger partial charge in [0, 0.05) is 13.0 Å². The number of methoxy groups -OCH3 is 1. The molecule has 1 rings (SSSR count). The molecular formula is C15H18ClNO4. The fourth-order valence-electron chi connectivity index (χ4n) is 1.85. The van der Waals surface area contributed by atoms with E-state index in [1.165, 1.54) is 18.1 Å². The summed E-state index contributed by atoms with van der Waals surface area (Å²) in [5.74, 6) is -0.701. The van der Waals surface area contributed by atoms with Gasteiger partial charge in [0.2, 0.25) is 5.91 Å². The summed E-state index contributed by atoms with van der Waals surface area (Å²) < 4.78 is 5.06. The summed E-state index contributed by atoms with van der Waals surface area (Å²) in [6.07, 6.45) is 2.20. The average Bonchev–Trinajstić information content (AvgIpc) is 2.44. The molecule has 114 valence electrons. The predicted molar refractivity (Wildman–Crippen MR) is 80.7 cm³/mol. The van der Waals surface area contributed by atoms with Gasteiger partial charge in [0.05, 0.1) is 12.1 Å². The van der Waals surface area contributed by atoms with Crippen LogP contribution in [0, 0.1) is 0 Å². The lowest BCUT2D eigenvalue weighted by Gasteiger charge is -2.18. The van der Waals surface area contributed by atoms with Crippen LogP contribution in [0.4, 0.5) is 0 Å². The van der Waals surface area contributed by atoms with E-state index in [4.69, 9.17) is 21.4 Å². The standard InChI is InChI=1S/C15H18ClNO4/c1-3-8-17(10-15(19)20)14(18)7-5-11-4-6-13(21-2)12(16)9-11/h3-4,6,9H,1,5,7-8,10H2,2H3,(H,19,20). The quantitative estimate of drug-likeness (QED) is 0.749. The number of halogens is 1. The summed E-state index contributed by atoms with van der Waals surface area (Å²) in [6.45, 7) is 3.41. The lowest BCUT2D eigenvalue weighted by Crippen LogP contribution is -2.35. The average molecular weight is 312 g/mol. The number of amides is 1. The van der Waals surface area contributed by atoms with Crippen molar-refractivity contribution < 1.29 is 19.4 Å². The number of nitrogens with zero attached hydrogens (tertiary/aromatic N) is 1. The molecule has 6 heteroatoms. The molecule has 0 bridgehead atoms. The van der Waals surface area contributed by atoms with Gasteiger partial charge in [-0.3, -0.25) is 9.59 Å². The molecule has 0 aliphatic rings. The summed E-state index contributed by atoms with van der Waals surface area (Å²) in [5, 5.41) is 9.26. The van der Waals surface area contributed by atoms with Crippen LogP contribution in [0.25, 0.3) is 0 Å². The van der Waals surface area contributed by atoms with E-state index in [0.717, 1.165) is 5.56 Å². The van der Waals surface area contributed by atoms with E-state index in [9.17, 15) is 9.59 Å². The minimum atomic E-state index is -1.04. The van der Waals surface area contributed by atoms with E-state index in [1.807, 2.05) is 6.07 Å². The fourth-order valence-corrected chi connectivity index (χ4v) is 2.13. The smallest absolute Gasteiger partial charge is 0.323 e. The van der Waals surface area contributed by atoms with Crippen molar-refractivity contribution in [2.24, 2.45) is 0 Å². The summed E-state index contributed by atoms with van der Waals surface area (Å²) >= 11 is 6.01. The van der Waals surface area contributed by atoms with E-state index in [2.05, 4.69) is 6.58 Å². The number of hydrogen-bond donors (Lipinski definition) is 1. The maximum Gasteiger partial charge on any atom is 0.323 e. The number of aliphatic carboxylic acids is 1. The molecule has 1 amide bonds. The molecule has 21 heavy (non-hydrogen) atoms. The van der Waals surface area contributed by atoms with Crippen molar-refractivity contribution in [3.05, 3.63) is 41.4 Å². The number of carbonyl (C=O) groups is 2. The Morgan fingerprint density at radius 2 is 2.19 bits per heavy atom. The topological polar surface area (TPSA) is 66.8 Å². The summed E-state index contributed by atoms with van der Waals surface area (Å²) in [4.78, 5) is 24.0. The molecule has 0 aromatic heterocycles. The highest BCUT2D eigenvalue weighted by molar-refractivity contribution is 6.32. The van der Waals surface area contributed by atoms with Crippen molar-refractivity contribution in [1.82, 2.24) is 4.90 Å². The van der Waals surface area contributed by atoms with E-state index >= 15 is 0 Å². The van der Waals surface area contributed by atoms with E-state index < -0.39 is 5.97 Å². The van der Waals surface area contributed by atoms with Gasteiger partial charge >= 0.3 is 5.97 Å². The molecule has 0 atom stereocenters. The highest BCUT2D eigenvalue weighted by Crippen LogP contribution is 2.25. The largest absolute Gasteiger partial charge is 0.495 e. The van der Waals surface area contributed by atoms with Gasteiger partial charge in [0.15, 0.2) is 0 Å². The summed E-state index contributed by atoms with van der Waals surface area (Å²) in [6, 6.07) is 5.30. The van der Waals surface area contributed by atoms with Crippen LogP contribution in [0.3, 0.4) is 0 Å². The highest BCUT2D eigenvalue weighted by atomic mass is 35.5. The van der Waals surface area contributed by atoms with E-state index in [-0.39, 0.29) is 25.4 Å². The van der Waals surface area contributed by atoms with Crippen molar-refractivity contribution in [1.29, 1.82) is 0 Å². The first-order chi connectivity index (χ1) is 9.97. The minimum Gasteiger partial charge on any atom is -0.495 e. The first-order valence-corrected chi connectivity index (χ1v) is 6.78. The van der Waals surface area contributed by atoms with Crippen LogP contribution < -0.4 is 4.74 Å². The molecular weight excluding hydrogens is 294 g/mol. The number of carbonyl (C=O) groups excluding carboxylic acids is 1. The maximum absolute atomic E-state index is 12.0. The van der Waals surface area contributed by atoms with Crippen LogP contribution in [0.1, 0.15) is 12.0 Å². The molecule has 1 N–H and O–H groups in total. The number of hydrogen-bond acceptors (Lipinski definition) is 3. The van der Waals surface area contributed by atoms with Crippen LogP contribution >= 0.6 is 11.6 Å². The number of ether oxygens (including phenoxy) is 1. The molecule has 5 nitrogen and oxygen atoms in total. The fraction of sp³-hybridized carbons (Fsp3) is 0.333. The van der Waals surface area contributed by atoms with Crippen LogP contribution in [-0.2, 0) is 16.0 Å². The molecule has 1 aromatic carbocycles. The minimum absolute atomic E-state index is 0.212. The van der Waals surface area contributed by atoms with Crippen LogP contribution in [0.5, 0.6) is 5.75 Å². The van der Waals surface area contributed by atoms with Crippen molar-refractivity contribution in [2.45, 2.75) is 12.8 Å². The third-order valence-electron chi connectivity index (χ3n) is 2.87. The van der Waals surface area contributed by atoms with E-state index in [0.29, 0.717) is 17.2 Å². The Balaban J connectivity index is 2.63. The van der Waals surface area contributed by atoms with Gasteiger partial charge in [-0.25, -0.2) is 0 Å². The lowest BCUT2D eigenvalue weighted by molar-refractivity contribution is -0.144. The SMILES string of the molecule is C=CCN(CC(=O)O)C(=O)CCc1ccc(OC)c(Cl)c1. The van der Waals surface area contributed by atoms with Crippen LogP contribution in [0.15, 0.2) is 30.9 Å². The number of carboxylic acid groups (broad SMARTS) is 1. The second-order valence-corrected chi connectivity index (χ2v) is 4.83. The molecule has 0 radical (unpaired) electrons. The molecule has 0 unspecified atom stereocenters. The molecule has 1 aromatic rings. The zero-order valence-corrected chi connectivity index (χ0v) is 12.6. The molecule has 0 heterocycles. The van der Waals surface area contributed by atoms with Crippen molar-refractivity contribution in [2.75, 3.05) is 20.2 Å².